The third-order valence-corrected chi connectivity index (χ3v) is 3.93. The van der Waals surface area contributed by atoms with E-state index in [1.807, 2.05) is 0 Å². The predicted octanol–water partition coefficient (Wildman–Crippen LogP) is 3.81. The van der Waals surface area contributed by atoms with Crippen LogP contribution in [0.15, 0.2) is 10.2 Å². The van der Waals surface area contributed by atoms with Crippen molar-refractivity contribution in [2.24, 2.45) is 22.0 Å². The highest BCUT2D eigenvalue weighted by Gasteiger charge is 2.30. The SMILES string of the molecule is CCC1=NN=C(C)C2CCCCCCC12. The summed E-state index contributed by atoms with van der Waals surface area (Å²) in [6.45, 7) is 4.38. The molecule has 2 aliphatic rings. The highest BCUT2D eigenvalue weighted by atomic mass is 15.2. The van der Waals surface area contributed by atoms with Gasteiger partial charge in [0.1, 0.15) is 0 Å². The fraction of sp³-hybridized carbons (Fsp3) is 0.846. The van der Waals surface area contributed by atoms with Gasteiger partial charge in [0.05, 0.1) is 0 Å². The molecule has 0 bridgehead atoms. The van der Waals surface area contributed by atoms with Crippen molar-refractivity contribution in [1.29, 1.82) is 0 Å². The van der Waals surface area contributed by atoms with Gasteiger partial charge in [-0.1, -0.05) is 32.6 Å². The zero-order valence-corrected chi connectivity index (χ0v) is 10.00. The minimum atomic E-state index is 0.706. The highest BCUT2D eigenvalue weighted by Crippen LogP contribution is 2.33. The first-order chi connectivity index (χ1) is 7.33. The van der Waals surface area contributed by atoms with Crippen molar-refractivity contribution in [2.75, 3.05) is 0 Å². The van der Waals surface area contributed by atoms with Crippen molar-refractivity contribution in [3.8, 4) is 0 Å². The van der Waals surface area contributed by atoms with Crippen LogP contribution in [0.1, 0.15) is 58.8 Å². The molecule has 1 fully saturated rings. The van der Waals surface area contributed by atoms with Gasteiger partial charge in [0.2, 0.25) is 0 Å². The fourth-order valence-electron chi connectivity index (χ4n) is 3.01. The van der Waals surface area contributed by atoms with Crippen LogP contribution in [0.4, 0.5) is 0 Å². The number of hydrogen-bond donors (Lipinski definition) is 0. The van der Waals surface area contributed by atoms with Gasteiger partial charge in [-0.15, -0.1) is 0 Å². The normalized spacial score (nSPS) is 32.1. The Balaban J connectivity index is 2.17. The minimum Gasteiger partial charge on any atom is -0.160 e. The molecule has 2 heteroatoms. The number of rotatable bonds is 1. The molecule has 0 amide bonds. The topological polar surface area (TPSA) is 24.7 Å². The van der Waals surface area contributed by atoms with Crippen LogP contribution in [0.2, 0.25) is 0 Å². The van der Waals surface area contributed by atoms with Crippen LogP contribution in [-0.2, 0) is 0 Å². The molecule has 0 N–H and O–H groups in total. The van der Waals surface area contributed by atoms with Gasteiger partial charge in [0.15, 0.2) is 0 Å². The van der Waals surface area contributed by atoms with Crippen LogP contribution in [0, 0.1) is 11.8 Å². The minimum absolute atomic E-state index is 0.706. The van der Waals surface area contributed by atoms with Crippen molar-refractivity contribution in [3.05, 3.63) is 0 Å². The summed E-state index contributed by atoms with van der Waals surface area (Å²) in [6, 6.07) is 0. The zero-order valence-electron chi connectivity index (χ0n) is 10.00. The van der Waals surface area contributed by atoms with E-state index in [4.69, 9.17) is 0 Å². The second-order valence-corrected chi connectivity index (χ2v) is 4.89. The van der Waals surface area contributed by atoms with E-state index in [9.17, 15) is 0 Å². The van der Waals surface area contributed by atoms with Gasteiger partial charge in [0.25, 0.3) is 0 Å². The summed E-state index contributed by atoms with van der Waals surface area (Å²) in [5, 5.41) is 8.73. The summed E-state index contributed by atoms with van der Waals surface area (Å²) < 4.78 is 0. The standard InChI is InChI=1S/C13H22N2/c1-3-13-12-9-7-5-4-6-8-11(12)10(2)14-15-13/h11-12H,3-9H2,1-2H3. The highest BCUT2D eigenvalue weighted by molar-refractivity contribution is 5.97. The second kappa shape index (κ2) is 4.91. The number of hydrogen-bond acceptors (Lipinski definition) is 2. The lowest BCUT2D eigenvalue weighted by atomic mass is 9.75. The Labute approximate surface area is 92.9 Å². The quantitative estimate of drug-likeness (QED) is 0.623. The van der Waals surface area contributed by atoms with Crippen molar-refractivity contribution in [3.63, 3.8) is 0 Å². The molecule has 0 spiro atoms. The molecule has 1 heterocycles. The molecule has 0 aromatic rings. The summed E-state index contributed by atoms with van der Waals surface area (Å²) >= 11 is 0. The van der Waals surface area contributed by atoms with E-state index in [2.05, 4.69) is 24.1 Å². The summed E-state index contributed by atoms with van der Waals surface area (Å²) in [7, 11) is 0. The molecule has 1 aliphatic heterocycles. The Morgan fingerprint density at radius 3 is 2.33 bits per heavy atom. The molecule has 0 aromatic heterocycles. The maximum absolute atomic E-state index is 4.39. The molecule has 2 unspecified atom stereocenters. The molecule has 1 aliphatic carbocycles. The average molecular weight is 206 g/mol. The first-order valence-corrected chi connectivity index (χ1v) is 6.44. The van der Waals surface area contributed by atoms with Gasteiger partial charge in [-0.05, 0) is 26.2 Å². The Hall–Kier alpha value is -0.660. The lowest BCUT2D eigenvalue weighted by molar-refractivity contribution is 0.387. The maximum atomic E-state index is 4.39. The lowest BCUT2D eigenvalue weighted by Crippen LogP contribution is -2.32. The third-order valence-electron chi connectivity index (χ3n) is 3.93. The molecular formula is C13H22N2. The molecule has 2 rings (SSSR count). The molecule has 0 saturated heterocycles. The number of nitrogens with zero attached hydrogens (tertiary/aromatic N) is 2. The molecule has 2 nitrogen and oxygen atoms in total. The van der Waals surface area contributed by atoms with Crippen LogP contribution >= 0.6 is 0 Å². The molecule has 15 heavy (non-hydrogen) atoms. The van der Waals surface area contributed by atoms with Crippen LogP contribution in [0.5, 0.6) is 0 Å². The fourth-order valence-corrected chi connectivity index (χ4v) is 3.01. The lowest BCUT2D eigenvalue weighted by Gasteiger charge is -2.32. The van der Waals surface area contributed by atoms with Gasteiger partial charge in [-0.25, -0.2) is 0 Å². The molecule has 84 valence electrons. The smallest absolute Gasteiger partial charge is 0.0440 e. The van der Waals surface area contributed by atoms with Crippen molar-refractivity contribution < 1.29 is 0 Å². The van der Waals surface area contributed by atoms with Crippen LogP contribution < -0.4 is 0 Å². The van der Waals surface area contributed by atoms with E-state index < -0.39 is 0 Å². The summed E-state index contributed by atoms with van der Waals surface area (Å²) in [6.07, 6.45) is 9.34. The first-order valence-electron chi connectivity index (χ1n) is 6.44. The maximum Gasteiger partial charge on any atom is 0.0440 e. The van der Waals surface area contributed by atoms with Crippen molar-refractivity contribution in [2.45, 2.75) is 58.8 Å². The van der Waals surface area contributed by atoms with Gasteiger partial charge in [-0.3, -0.25) is 0 Å². The molecular weight excluding hydrogens is 184 g/mol. The van der Waals surface area contributed by atoms with Gasteiger partial charge >= 0.3 is 0 Å². The molecule has 0 aromatic carbocycles. The largest absolute Gasteiger partial charge is 0.160 e. The van der Waals surface area contributed by atoms with Crippen LogP contribution in [0.3, 0.4) is 0 Å². The van der Waals surface area contributed by atoms with Crippen LogP contribution in [0.25, 0.3) is 0 Å². The van der Waals surface area contributed by atoms with Crippen molar-refractivity contribution >= 4 is 11.4 Å². The average Bonchev–Trinajstić information content (AvgIpc) is 2.20. The first kappa shape index (κ1) is 10.8. The van der Waals surface area contributed by atoms with Gasteiger partial charge < -0.3 is 0 Å². The Bertz CT molecular complexity index is 278. The van der Waals surface area contributed by atoms with Crippen molar-refractivity contribution in [1.82, 2.24) is 0 Å². The number of fused-ring (bicyclic) bond motifs is 1. The van der Waals surface area contributed by atoms with E-state index >= 15 is 0 Å². The predicted molar refractivity (Wildman–Crippen MR) is 65.5 cm³/mol. The summed E-state index contributed by atoms with van der Waals surface area (Å²) in [5.74, 6) is 1.42. The van der Waals surface area contributed by atoms with Gasteiger partial charge in [-0.2, -0.15) is 10.2 Å². The second-order valence-electron chi connectivity index (χ2n) is 4.89. The van der Waals surface area contributed by atoms with E-state index in [1.165, 1.54) is 49.9 Å². The monoisotopic (exact) mass is 206 g/mol. The Morgan fingerprint density at radius 2 is 1.67 bits per heavy atom. The zero-order chi connectivity index (χ0) is 10.7. The third kappa shape index (κ3) is 2.30. The van der Waals surface area contributed by atoms with E-state index in [0.717, 1.165) is 6.42 Å². The van der Waals surface area contributed by atoms with E-state index in [-0.39, 0.29) is 0 Å². The van der Waals surface area contributed by atoms with E-state index in [1.54, 1.807) is 0 Å². The molecule has 0 radical (unpaired) electrons. The summed E-state index contributed by atoms with van der Waals surface area (Å²) in [5.41, 5.74) is 2.63. The van der Waals surface area contributed by atoms with Crippen LogP contribution in [-0.4, -0.2) is 11.4 Å². The van der Waals surface area contributed by atoms with E-state index in [0.29, 0.717) is 11.8 Å². The van der Waals surface area contributed by atoms with Gasteiger partial charge in [0, 0.05) is 23.3 Å². The Morgan fingerprint density at radius 1 is 1.00 bits per heavy atom. The molecule has 1 saturated carbocycles. The Kier molecular flexibility index (Phi) is 3.55. The molecule has 2 atom stereocenters. The summed E-state index contributed by atoms with van der Waals surface area (Å²) in [4.78, 5) is 0.